The summed E-state index contributed by atoms with van der Waals surface area (Å²) >= 11 is 0.884. The van der Waals surface area contributed by atoms with Crippen molar-refractivity contribution in [2.24, 2.45) is 0 Å². The molecule has 0 saturated heterocycles. The summed E-state index contributed by atoms with van der Waals surface area (Å²) in [6.07, 6.45) is -4.47. The van der Waals surface area contributed by atoms with Crippen LogP contribution in [0.5, 0.6) is 5.75 Å². The van der Waals surface area contributed by atoms with E-state index in [0.29, 0.717) is 4.70 Å². The van der Waals surface area contributed by atoms with Gasteiger partial charge in [0.1, 0.15) is 0 Å². The van der Waals surface area contributed by atoms with E-state index in [4.69, 9.17) is 9.84 Å². The highest BCUT2D eigenvalue weighted by molar-refractivity contribution is 7.21. The van der Waals surface area contributed by atoms with E-state index >= 15 is 0 Å². The fourth-order valence-electron chi connectivity index (χ4n) is 1.59. The van der Waals surface area contributed by atoms with Crippen LogP contribution in [0.4, 0.5) is 13.2 Å². The van der Waals surface area contributed by atoms with E-state index in [9.17, 15) is 18.0 Å². The maximum absolute atomic E-state index is 12.6. The zero-order valence-corrected chi connectivity index (χ0v) is 9.85. The molecule has 7 heteroatoms. The van der Waals surface area contributed by atoms with Crippen molar-refractivity contribution >= 4 is 27.4 Å². The van der Waals surface area contributed by atoms with Crippen molar-refractivity contribution in [2.75, 3.05) is 7.11 Å². The Morgan fingerprint density at radius 3 is 2.56 bits per heavy atom. The molecule has 0 radical (unpaired) electrons. The van der Waals surface area contributed by atoms with Crippen LogP contribution in [-0.2, 0) is 6.18 Å². The maximum Gasteiger partial charge on any atom is 0.416 e. The number of carboxylic acid groups (broad SMARTS) is 1. The highest BCUT2D eigenvalue weighted by Gasteiger charge is 2.31. The molecule has 0 saturated carbocycles. The fraction of sp³-hybridized carbons (Fsp3) is 0.182. The molecule has 0 atom stereocenters. The summed E-state index contributed by atoms with van der Waals surface area (Å²) in [5, 5.41) is 9.10. The lowest BCUT2D eigenvalue weighted by atomic mass is 10.1. The van der Waals surface area contributed by atoms with Gasteiger partial charge in [0.2, 0.25) is 0 Å². The van der Waals surface area contributed by atoms with Crippen LogP contribution in [0.3, 0.4) is 0 Å². The molecule has 0 aliphatic heterocycles. The minimum Gasteiger partial charge on any atom is -0.494 e. The number of hydrogen-bond donors (Lipinski definition) is 1. The van der Waals surface area contributed by atoms with Crippen molar-refractivity contribution in [1.82, 2.24) is 0 Å². The van der Waals surface area contributed by atoms with Crippen LogP contribution >= 0.6 is 11.3 Å². The van der Waals surface area contributed by atoms with E-state index in [1.165, 1.54) is 13.2 Å². The summed E-state index contributed by atoms with van der Waals surface area (Å²) in [4.78, 5) is 10.8. The van der Waals surface area contributed by atoms with Crippen molar-refractivity contribution in [2.45, 2.75) is 6.18 Å². The van der Waals surface area contributed by atoms with Crippen LogP contribution in [0, 0.1) is 0 Å². The number of carbonyl (C=O) groups is 1. The molecule has 1 aromatic heterocycles. The van der Waals surface area contributed by atoms with E-state index in [0.717, 1.165) is 23.5 Å². The van der Waals surface area contributed by atoms with Gasteiger partial charge in [0.15, 0.2) is 10.6 Å². The van der Waals surface area contributed by atoms with Crippen molar-refractivity contribution in [1.29, 1.82) is 0 Å². The van der Waals surface area contributed by atoms with Crippen LogP contribution in [0.1, 0.15) is 15.2 Å². The first-order chi connectivity index (χ1) is 8.34. The summed E-state index contributed by atoms with van der Waals surface area (Å²) < 4.78 is 43.0. The first-order valence-electron chi connectivity index (χ1n) is 4.75. The molecule has 2 rings (SSSR count). The van der Waals surface area contributed by atoms with Crippen molar-refractivity contribution in [3.63, 3.8) is 0 Å². The van der Waals surface area contributed by atoms with Crippen LogP contribution in [-0.4, -0.2) is 18.2 Å². The highest BCUT2D eigenvalue weighted by Crippen LogP contribution is 2.40. The predicted octanol–water partition coefficient (Wildman–Crippen LogP) is 3.63. The lowest BCUT2D eigenvalue weighted by molar-refractivity contribution is -0.137. The second-order valence-electron chi connectivity index (χ2n) is 3.48. The number of methoxy groups -OCH3 is 1. The summed E-state index contributed by atoms with van der Waals surface area (Å²) in [7, 11) is 1.23. The van der Waals surface area contributed by atoms with Gasteiger partial charge in [-0.2, -0.15) is 13.2 Å². The van der Waals surface area contributed by atoms with Gasteiger partial charge in [0, 0.05) is 10.1 Å². The van der Waals surface area contributed by atoms with Crippen LogP contribution in [0.25, 0.3) is 10.1 Å². The molecular formula is C11H7F3O3S. The summed E-state index contributed by atoms with van der Waals surface area (Å²) in [6, 6.07) is 3.07. The van der Waals surface area contributed by atoms with Crippen LogP contribution in [0.15, 0.2) is 18.2 Å². The number of halogens is 3. The Labute approximate surface area is 103 Å². The van der Waals surface area contributed by atoms with E-state index in [-0.39, 0.29) is 16.0 Å². The highest BCUT2D eigenvalue weighted by atomic mass is 32.1. The molecule has 96 valence electrons. The molecule has 0 amide bonds. The molecule has 18 heavy (non-hydrogen) atoms. The van der Waals surface area contributed by atoms with Gasteiger partial charge in [-0.25, -0.2) is 4.79 Å². The second kappa shape index (κ2) is 4.16. The zero-order chi connectivity index (χ0) is 13.5. The van der Waals surface area contributed by atoms with Crippen LogP contribution < -0.4 is 4.74 Å². The van der Waals surface area contributed by atoms with Gasteiger partial charge in [-0.1, -0.05) is 0 Å². The molecule has 2 aromatic rings. The number of ether oxygens (including phenoxy) is 1. The Hall–Kier alpha value is -1.76. The Morgan fingerprint density at radius 2 is 2.06 bits per heavy atom. The Balaban J connectivity index is 2.72. The lowest BCUT2D eigenvalue weighted by Gasteiger charge is -2.06. The van der Waals surface area contributed by atoms with Gasteiger partial charge in [-0.15, -0.1) is 11.3 Å². The normalized spacial score (nSPS) is 11.8. The van der Waals surface area contributed by atoms with Gasteiger partial charge >= 0.3 is 12.1 Å². The van der Waals surface area contributed by atoms with E-state index < -0.39 is 17.7 Å². The van der Waals surface area contributed by atoms with Gasteiger partial charge in [0.25, 0.3) is 0 Å². The Bertz CT molecular complexity index is 616. The standard InChI is InChI=1S/C11H7F3O3S/c1-17-8-6-4-5(11(12,13)14)2-3-7(6)18-9(8)10(15)16/h2-4H,1H3,(H,15,16). The number of carboxylic acids is 1. The topological polar surface area (TPSA) is 46.5 Å². The van der Waals surface area contributed by atoms with Gasteiger partial charge < -0.3 is 9.84 Å². The van der Waals surface area contributed by atoms with Crippen molar-refractivity contribution in [3.8, 4) is 5.75 Å². The monoisotopic (exact) mass is 276 g/mol. The first-order valence-corrected chi connectivity index (χ1v) is 5.57. The first kappa shape index (κ1) is 12.7. The van der Waals surface area contributed by atoms with Gasteiger partial charge in [0.05, 0.1) is 12.7 Å². The molecule has 0 fully saturated rings. The third-order valence-electron chi connectivity index (χ3n) is 2.37. The summed E-state index contributed by atoms with van der Waals surface area (Å²) in [5.74, 6) is -1.25. The largest absolute Gasteiger partial charge is 0.494 e. The number of fused-ring (bicyclic) bond motifs is 1. The number of alkyl halides is 3. The molecule has 3 nitrogen and oxygen atoms in total. The SMILES string of the molecule is COc1c(C(=O)O)sc2ccc(C(F)(F)F)cc12. The molecule has 0 aliphatic carbocycles. The Morgan fingerprint density at radius 1 is 1.39 bits per heavy atom. The molecule has 0 spiro atoms. The molecule has 1 aromatic carbocycles. The minimum absolute atomic E-state index is 0.0337. The average Bonchev–Trinajstić information content (AvgIpc) is 2.65. The Kier molecular flexibility index (Phi) is 2.94. The van der Waals surface area contributed by atoms with Gasteiger partial charge in [-0.05, 0) is 18.2 Å². The smallest absolute Gasteiger partial charge is 0.416 e. The van der Waals surface area contributed by atoms with Crippen molar-refractivity contribution in [3.05, 3.63) is 28.6 Å². The van der Waals surface area contributed by atoms with Gasteiger partial charge in [-0.3, -0.25) is 0 Å². The average molecular weight is 276 g/mol. The predicted molar refractivity (Wildman–Crippen MR) is 60.3 cm³/mol. The van der Waals surface area contributed by atoms with E-state index in [1.807, 2.05) is 0 Å². The minimum atomic E-state index is -4.47. The zero-order valence-electron chi connectivity index (χ0n) is 9.04. The van der Waals surface area contributed by atoms with E-state index in [2.05, 4.69) is 0 Å². The second-order valence-corrected chi connectivity index (χ2v) is 4.53. The number of hydrogen-bond acceptors (Lipinski definition) is 3. The molecule has 0 bridgehead atoms. The molecule has 1 N–H and O–H groups in total. The molecule has 1 heterocycles. The fourth-order valence-corrected chi connectivity index (χ4v) is 2.59. The number of aromatic carboxylic acids is 1. The summed E-state index contributed by atoms with van der Waals surface area (Å²) in [6.45, 7) is 0. The number of benzene rings is 1. The third-order valence-corrected chi connectivity index (χ3v) is 3.51. The number of rotatable bonds is 2. The van der Waals surface area contributed by atoms with Crippen molar-refractivity contribution < 1.29 is 27.8 Å². The molecular weight excluding hydrogens is 269 g/mol. The van der Waals surface area contributed by atoms with Crippen LogP contribution in [0.2, 0.25) is 0 Å². The third kappa shape index (κ3) is 2.01. The maximum atomic E-state index is 12.6. The molecule has 0 aliphatic rings. The van der Waals surface area contributed by atoms with E-state index in [1.54, 1.807) is 0 Å². The quantitative estimate of drug-likeness (QED) is 0.911. The summed E-state index contributed by atoms with van der Waals surface area (Å²) in [5.41, 5.74) is -0.831. The molecule has 0 unspecified atom stereocenters. The lowest BCUT2D eigenvalue weighted by Crippen LogP contribution is -2.04. The number of thiophene rings is 1.